The van der Waals surface area contributed by atoms with Crippen LogP contribution in [0.15, 0.2) is 61.1 Å². The van der Waals surface area contributed by atoms with E-state index in [1.807, 2.05) is 22.7 Å². The Bertz CT molecular complexity index is 1440. The number of likely N-dealkylation sites (tertiary alicyclic amines) is 1. The molecule has 0 N–H and O–H groups in total. The number of ether oxygens (including phenoxy) is 1. The van der Waals surface area contributed by atoms with E-state index >= 15 is 0 Å². The minimum Gasteiger partial charge on any atom is -0.454 e. The van der Waals surface area contributed by atoms with Crippen LogP contribution in [-0.2, 0) is 4.79 Å². The van der Waals surface area contributed by atoms with E-state index < -0.39 is 5.82 Å². The van der Waals surface area contributed by atoms with Crippen LogP contribution in [0, 0.1) is 17.7 Å². The van der Waals surface area contributed by atoms with Crippen molar-refractivity contribution in [3.05, 3.63) is 77.7 Å². The zero-order valence-corrected chi connectivity index (χ0v) is 19.1. The average Bonchev–Trinajstić information content (AvgIpc) is 3.48. The van der Waals surface area contributed by atoms with Gasteiger partial charge in [0.05, 0.1) is 28.5 Å². The van der Waals surface area contributed by atoms with Gasteiger partial charge in [0.15, 0.2) is 11.6 Å². The van der Waals surface area contributed by atoms with Crippen molar-refractivity contribution in [2.24, 2.45) is 0 Å². The van der Waals surface area contributed by atoms with Crippen LogP contribution in [0.1, 0.15) is 31.6 Å². The minimum atomic E-state index is -0.604. The van der Waals surface area contributed by atoms with Crippen molar-refractivity contribution in [3.8, 4) is 34.6 Å². The standard InChI is InChI=1S/C26H20ClFN4O2/c1-2-5-23(33)31-14-4-7-20(31)26-30-25(21-16-29-13-15-32(21)26)17-9-11-18(12-10-17)34-22-8-3-6-19(27)24(22)28/h3,6,8-13,15-16,20H,4,7,14H2,1H3. The summed E-state index contributed by atoms with van der Waals surface area (Å²) in [6, 6.07) is 11.7. The van der Waals surface area contributed by atoms with Crippen molar-refractivity contribution in [1.29, 1.82) is 0 Å². The molecule has 170 valence electrons. The van der Waals surface area contributed by atoms with Gasteiger partial charge in [0.2, 0.25) is 0 Å². The fourth-order valence-corrected chi connectivity index (χ4v) is 4.40. The normalized spacial score (nSPS) is 15.3. The topological polar surface area (TPSA) is 59.7 Å². The molecule has 1 aliphatic rings. The van der Waals surface area contributed by atoms with Gasteiger partial charge in [-0.2, -0.15) is 0 Å². The van der Waals surface area contributed by atoms with Crippen molar-refractivity contribution in [2.45, 2.75) is 25.8 Å². The van der Waals surface area contributed by atoms with Crippen LogP contribution in [0.2, 0.25) is 5.02 Å². The Balaban J connectivity index is 1.49. The number of hydrogen-bond acceptors (Lipinski definition) is 4. The maximum Gasteiger partial charge on any atom is 0.299 e. The van der Waals surface area contributed by atoms with Crippen LogP contribution in [0.4, 0.5) is 4.39 Å². The number of aromatic nitrogens is 3. The molecular formula is C26H20ClFN4O2. The molecule has 4 aromatic rings. The second-order valence-electron chi connectivity index (χ2n) is 7.86. The van der Waals surface area contributed by atoms with E-state index in [-0.39, 0.29) is 22.7 Å². The fourth-order valence-electron chi connectivity index (χ4n) is 4.24. The van der Waals surface area contributed by atoms with Crippen molar-refractivity contribution >= 4 is 23.0 Å². The zero-order chi connectivity index (χ0) is 23.7. The Hall–Kier alpha value is -3.89. The summed E-state index contributed by atoms with van der Waals surface area (Å²) in [5.74, 6) is 5.85. The number of rotatable bonds is 4. The second kappa shape index (κ2) is 9.16. The quantitative estimate of drug-likeness (QED) is 0.358. The van der Waals surface area contributed by atoms with Crippen molar-refractivity contribution in [3.63, 3.8) is 0 Å². The lowest BCUT2D eigenvalue weighted by molar-refractivity contribution is -0.126. The SMILES string of the molecule is CC#CC(=O)N1CCCC1c1nc(-c2ccc(Oc3cccc(Cl)c3F)cc2)c2cnccn12. The maximum absolute atomic E-state index is 14.2. The van der Waals surface area contributed by atoms with Crippen LogP contribution < -0.4 is 4.74 Å². The molecule has 5 rings (SSSR count). The molecule has 1 saturated heterocycles. The van der Waals surface area contributed by atoms with Gasteiger partial charge >= 0.3 is 0 Å². The van der Waals surface area contributed by atoms with Gasteiger partial charge in [-0.1, -0.05) is 23.6 Å². The van der Waals surface area contributed by atoms with Gasteiger partial charge < -0.3 is 9.64 Å². The van der Waals surface area contributed by atoms with Gasteiger partial charge in [-0.15, -0.1) is 0 Å². The average molecular weight is 475 g/mol. The molecule has 0 spiro atoms. The highest BCUT2D eigenvalue weighted by atomic mass is 35.5. The van der Waals surface area contributed by atoms with E-state index in [0.717, 1.165) is 35.4 Å². The third-order valence-corrected chi connectivity index (χ3v) is 6.08. The van der Waals surface area contributed by atoms with Gasteiger partial charge in [-0.25, -0.2) is 9.37 Å². The van der Waals surface area contributed by atoms with Gasteiger partial charge in [-0.3, -0.25) is 14.2 Å². The Labute approximate surface area is 201 Å². The van der Waals surface area contributed by atoms with E-state index in [0.29, 0.717) is 12.3 Å². The third kappa shape index (κ3) is 3.97. The number of carbonyl (C=O) groups is 1. The van der Waals surface area contributed by atoms with Crippen LogP contribution in [-0.4, -0.2) is 31.7 Å². The number of imidazole rings is 1. The monoisotopic (exact) mass is 474 g/mol. The lowest BCUT2D eigenvalue weighted by atomic mass is 10.1. The summed E-state index contributed by atoms with van der Waals surface area (Å²) < 4.78 is 21.8. The van der Waals surface area contributed by atoms with Crippen molar-refractivity contribution in [2.75, 3.05) is 6.54 Å². The van der Waals surface area contributed by atoms with Crippen LogP contribution in [0.25, 0.3) is 16.8 Å². The molecule has 2 aromatic carbocycles. The van der Waals surface area contributed by atoms with Gasteiger partial charge in [0.1, 0.15) is 11.6 Å². The number of hydrogen-bond donors (Lipinski definition) is 0. The molecule has 8 heteroatoms. The molecule has 1 atom stereocenters. The molecule has 34 heavy (non-hydrogen) atoms. The first-order valence-electron chi connectivity index (χ1n) is 10.8. The lowest BCUT2D eigenvalue weighted by Crippen LogP contribution is -2.30. The first-order valence-corrected chi connectivity index (χ1v) is 11.2. The minimum absolute atomic E-state index is 0.00276. The number of halogens is 2. The van der Waals surface area contributed by atoms with Crippen molar-refractivity contribution < 1.29 is 13.9 Å². The summed E-state index contributed by atoms with van der Waals surface area (Å²) in [6.07, 6.45) is 7.02. The smallest absolute Gasteiger partial charge is 0.299 e. The molecule has 0 saturated carbocycles. The first-order chi connectivity index (χ1) is 16.6. The highest BCUT2D eigenvalue weighted by molar-refractivity contribution is 6.30. The fraction of sp³-hybridized carbons (Fsp3) is 0.192. The molecule has 1 fully saturated rings. The predicted octanol–water partition coefficient (Wildman–Crippen LogP) is 5.67. The molecule has 0 bridgehead atoms. The Morgan fingerprint density at radius 1 is 1.24 bits per heavy atom. The Kier molecular flexibility index (Phi) is 5.91. The maximum atomic E-state index is 14.2. The summed E-state index contributed by atoms with van der Waals surface area (Å²) in [6.45, 7) is 2.31. The first kappa shape index (κ1) is 21.9. The van der Waals surface area contributed by atoms with E-state index in [4.69, 9.17) is 21.3 Å². The number of benzene rings is 2. The molecule has 6 nitrogen and oxygen atoms in total. The number of nitrogens with zero attached hydrogens (tertiary/aromatic N) is 4. The lowest BCUT2D eigenvalue weighted by Gasteiger charge is -2.21. The Morgan fingerprint density at radius 3 is 2.85 bits per heavy atom. The summed E-state index contributed by atoms with van der Waals surface area (Å²) in [5, 5.41) is 0.00276. The van der Waals surface area contributed by atoms with Gasteiger partial charge in [0.25, 0.3) is 5.91 Å². The van der Waals surface area contributed by atoms with Gasteiger partial charge in [0, 0.05) is 24.5 Å². The number of carbonyl (C=O) groups excluding carboxylic acids is 1. The summed E-state index contributed by atoms with van der Waals surface area (Å²) in [5.41, 5.74) is 2.41. The van der Waals surface area contributed by atoms with Gasteiger partial charge in [-0.05, 0) is 62.1 Å². The largest absolute Gasteiger partial charge is 0.454 e. The van der Waals surface area contributed by atoms with Crippen molar-refractivity contribution in [1.82, 2.24) is 19.3 Å². The molecule has 1 amide bonds. The molecular weight excluding hydrogens is 455 g/mol. The summed E-state index contributed by atoms with van der Waals surface area (Å²) in [7, 11) is 0. The summed E-state index contributed by atoms with van der Waals surface area (Å²) >= 11 is 5.84. The van der Waals surface area contributed by atoms with E-state index in [1.165, 1.54) is 12.1 Å². The van der Waals surface area contributed by atoms with Crippen LogP contribution >= 0.6 is 11.6 Å². The zero-order valence-electron chi connectivity index (χ0n) is 18.3. The van der Waals surface area contributed by atoms with Crippen LogP contribution in [0.5, 0.6) is 11.5 Å². The van der Waals surface area contributed by atoms with E-state index in [1.54, 1.807) is 42.4 Å². The Morgan fingerprint density at radius 2 is 2.06 bits per heavy atom. The third-order valence-electron chi connectivity index (χ3n) is 5.79. The molecule has 1 aliphatic heterocycles. The summed E-state index contributed by atoms with van der Waals surface area (Å²) in [4.78, 5) is 23.5. The van der Waals surface area contributed by atoms with Crippen LogP contribution in [0.3, 0.4) is 0 Å². The second-order valence-corrected chi connectivity index (χ2v) is 8.27. The number of fused-ring (bicyclic) bond motifs is 1. The molecule has 2 aromatic heterocycles. The highest BCUT2D eigenvalue weighted by Crippen LogP contribution is 2.36. The number of amides is 1. The molecule has 3 heterocycles. The molecule has 0 aliphatic carbocycles. The predicted molar refractivity (Wildman–Crippen MR) is 127 cm³/mol. The molecule has 0 radical (unpaired) electrons. The van der Waals surface area contributed by atoms with E-state index in [2.05, 4.69) is 16.8 Å². The highest BCUT2D eigenvalue weighted by Gasteiger charge is 2.33. The molecule has 1 unspecified atom stereocenters. The van der Waals surface area contributed by atoms with E-state index in [9.17, 15) is 9.18 Å².